The average molecular weight is 428 g/mol. The van der Waals surface area contributed by atoms with Crippen LogP contribution in [0.1, 0.15) is 26.2 Å². The van der Waals surface area contributed by atoms with E-state index < -0.39 is 0 Å². The molecule has 0 bridgehead atoms. The molecule has 0 aliphatic carbocycles. The molecule has 1 aromatic carbocycles. The molecule has 3 heterocycles. The van der Waals surface area contributed by atoms with Crippen molar-refractivity contribution in [2.45, 2.75) is 37.9 Å². The largest absolute Gasteiger partial charge is 0.370 e. The topological polar surface area (TPSA) is 63.1 Å². The Balaban J connectivity index is 1.41. The summed E-state index contributed by atoms with van der Waals surface area (Å²) < 4.78 is 2.06. The number of hydrogen-bond acceptors (Lipinski definition) is 6. The molecular formula is C21H25N5OS2. The van der Waals surface area contributed by atoms with Crippen LogP contribution < -0.4 is 10.2 Å². The zero-order valence-corrected chi connectivity index (χ0v) is 18.1. The maximum atomic E-state index is 12.7. The molecule has 0 radical (unpaired) electrons. The van der Waals surface area contributed by atoms with Gasteiger partial charge in [0.05, 0.1) is 22.0 Å². The number of amides is 1. The van der Waals surface area contributed by atoms with Gasteiger partial charge in [-0.25, -0.2) is 0 Å². The highest BCUT2D eigenvalue weighted by Crippen LogP contribution is 2.30. The van der Waals surface area contributed by atoms with Crippen molar-refractivity contribution < 1.29 is 4.79 Å². The number of anilines is 2. The van der Waals surface area contributed by atoms with Crippen molar-refractivity contribution in [3.8, 4) is 10.7 Å². The van der Waals surface area contributed by atoms with Gasteiger partial charge in [-0.1, -0.05) is 30.0 Å². The predicted molar refractivity (Wildman–Crippen MR) is 121 cm³/mol. The molecule has 1 fully saturated rings. The van der Waals surface area contributed by atoms with E-state index in [0.717, 1.165) is 46.9 Å². The van der Waals surface area contributed by atoms with Crippen LogP contribution in [0.4, 0.5) is 11.4 Å². The lowest BCUT2D eigenvalue weighted by Crippen LogP contribution is -2.30. The number of rotatable bonds is 7. The number of nitrogens with one attached hydrogen (secondary N) is 1. The first-order valence-electron chi connectivity index (χ1n) is 10.00. The van der Waals surface area contributed by atoms with E-state index in [-0.39, 0.29) is 5.91 Å². The zero-order chi connectivity index (χ0) is 20.1. The number of piperidine rings is 1. The summed E-state index contributed by atoms with van der Waals surface area (Å²) in [5.41, 5.74) is 2.00. The zero-order valence-electron chi connectivity index (χ0n) is 16.5. The highest BCUT2D eigenvalue weighted by Gasteiger charge is 2.17. The number of thioether (sulfide) groups is 1. The molecule has 0 saturated carbocycles. The Morgan fingerprint density at radius 2 is 1.97 bits per heavy atom. The molecule has 1 aliphatic heterocycles. The van der Waals surface area contributed by atoms with Crippen LogP contribution >= 0.6 is 23.1 Å². The second kappa shape index (κ2) is 9.45. The van der Waals surface area contributed by atoms with Gasteiger partial charge in [0.1, 0.15) is 0 Å². The van der Waals surface area contributed by atoms with Gasteiger partial charge in [-0.05, 0) is 49.8 Å². The standard InChI is InChI=1S/C21H25N5OS2/c1-2-26-20(18-11-8-14-28-18)23-24-21(26)29-15-19(27)22-16-9-4-5-10-17(16)25-12-6-3-7-13-25/h4-5,8-11,14H,2-3,6-7,12-13,15H2,1H3,(H,22,27). The van der Waals surface area contributed by atoms with Gasteiger partial charge in [-0.15, -0.1) is 21.5 Å². The van der Waals surface area contributed by atoms with Gasteiger partial charge < -0.3 is 14.8 Å². The third-order valence-electron chi connectivity index (χ3n) is 4.98. The molecule has 1 saturated heterocycles. The molecular weight excluding hydrogens is 402 g/mol. The van der Waals surface area contributed by atoms with Gasteiger partial charge in [0.2, 0.25) is 5.91 Å². The number of nitrogens with zero attached hydrogens (tertiary/aromatic N) is 4. The summed E-state index contributed by atoms with van der Waals surface area (Å²) in [7, 11) is 0. The SMILES string of the molecule is CCn1c(SCC(=O)Nc2ccccc2N2CCCCC2)nnc1-c1cccs1. The summed E-state index contributed by atoms with van der Waals surface area (Å²) >= 11 is 3.07. The molecule has 0 spiro atoms. The Kier molecular flexibility index (Phi) is 6.51. The number of hydrogen-bond donors (Lipinski definition) is 1. The molecule has 4 rings (SSSR count). The minimum Gasteiger partial charge on any atom is -0.370 e. The Morgan fingerprint density at radius 1 is 1.14 bits per heavy atom. The fraction of sp³-hybridized carbons (Fsp3) is 0.381. The highest BCUT2D eigenvalue weighted by atomic mass is 32.2. The Bertz CT molecular complexity index is 948. The fourth-order valence-corrected chi connectivity index (χ4v) is 5.09. The molecule has 1 aliphatic rings. The van der Waals surface area contributed by atoms with Crippen molar-refractivity contribution in [3.05, 3.63) is 41.8 Å². The van der Waals surface area contributed by atoms with Crippen molar-refractivity contribution in [2.75, 3.05) is 29.1 Å². The van der Waals surface area contributed by atoms with Crippen molar-refractivity contribution in [3.63, 3.8) is 0 Å². The van der Waals surface area contributed by atoms with Gasteiger partial charge >= 0.3 is 0 Å². The van der Waals surface area contributed by atoms with E-state index in [2.05, 4.69) is 38.0 Å². The van der Waals surface area contributed by atoms with Crippen molar-refractivity contribution >= 4 is 40.4 Å². The lowest BCUT2D eigenvalue weighted by Gasteiger charge is -2.30. The summed E-state index contributed by atoms with van der Waals surface area (Å²) in [5, 5.41) is 14.5. The van der Waals surface area contributed by atoms with Crippen LogP contribution in [-0.4, -0.2) is 39.5 Å². The number of aromatic nitrogens is 3. The first-order chi connectivity index (χ1) is 14.3. The second-order valence-electron chi connectivity index (χ2n) is 6.93. The second-order valence-corrected chi connectivity index (χ2v) is 8.82. The highest BCUT2D eigenvalue weighted by molar-refractivity contribution is 7.99. The van der Waals surface area contributed by atoms with Gasteiger partial charge in [0, 0.05) is 19.6 Å². The summed E-state index contributed by atoms with van der Waals surface area (Å²) in [4.78, 5) is 16.1. The summed E-state index contributed by atoms with van der Waals surface area (Å²) in [6, 6.07) is 12.1. The van der Waals surface area contributed by atoms with E-state index in [1.54, 1.807) is 11.3 Å². The molecule has 2 aromatic heterocycles. The van der Waals surface area contributed by atoms with E-state index in [9.17, 15) is 4.79 Å². The first kappa shape index (κ1) is 20.0. The van der Waals surface area contributed by atoms with E-state index in [0.29, 0.717) is 5.75 Å². The maximum absolute atomic E-state index is 12.7. The van der Waals surface area contributed by atoms with Crippen molar-refractivity contribution in [1.82, 2.24) is 14.8 Å². The molecule has 29 heavy (non-hydrogen) atoms. The first-order valence-corrected chi connectivity index (χ1v) is 11.9. The lowest BCUT2D eigenvalue weighted by molar-refractivity contribution is -0.113. The average Bonchev–Trinajstić information content (AvgIpc) is 3.42. The molecule has 1 N–H and O–H groups in total. The number of para-hydroxylation sites is 2. The number of carbonyl (C=O) groups excluding carboxylic acids is 1. The van der Waals surface area contributed by atoms with Crippen LogP contribution in [0, 0.1) is 0 Å². The van der Waals surface area contributed by atoms with E-state index in [1.807, 2.05) is 35.7 Å². The van der Waals surface area contributed by atoms with Crippen LogP contribution in [0.5, 0.6) is 0 Å². The van der Waals surface area contributed by atoms with Crippen LogP contribution in [0.15, 0.2) is 46.9 Å². The molecule has 152 valence electrons. The number of benzene rings is 1. The van der Waals surface area contributed by atoms with E-state index >= 15 is 0 Å². The van der Waals surface area contributed by atoms with Crippen molar-refractivity contribution in [2.24, 2.45) is 0 Å². The minimum atomic E-state index is -0.0252. The van der Waals surface area contributed by atoms with Gasteiger partial charge in [0.15, 0.2) is 11.0 Å². The van der Waals surface area contributed by atoms with E-state index in [4.69, 9.17) is 0 Å². The Labute approximate surface area is 179 Å². The molecule has 8 heteroatoms. The molecule has 0 unspecified atom stereocenters. The van der Waals surface area contributed by atoms with E-state index in [1.165, 1.54) is 31.0 Å². The van der Waals surface area contributed by atoms with Crippen LogP contribution in [0.25, 0.3) is 10.7 Å². The normalized spacial score (nSPS) is 14.2. The predicted octanol–water partition coefficient (Wildman–Crippen LogP) is 4.75. The van der Waals surface area contributed by atoms with Gasteiger partial charge in [-0.2, -0.15) is 0 Å². The summed E-state index contributed by atoms with van der Waals surface area (Å²) in [5.74, 6) is 1.14. The van der Waals surface area contributed by atoms with Gasteiger partial charge in [-0.3, -0.25) is 4.79 Å². The Hall–Kier alpha value is -2.32. The van der Waals surface area contributed by atoms with Crippen LogP contribution in [-0.2, 0) is 11.3 Å². The molecule has 3 aromatic rings. The third-order valence-corrected chi connectivity index (χ3v) is 6.81. The Morgan fingerprint density at radius 3 is 2.72 bits per heavy atom. The van der Waals surface area contributed by atoms with Gasteiger partial charge in [0.25, 0.3) is 0 Å². The molecule has 0 atom stereocenters. The fourth-order valence-electron chi connectivity index (χ4n) is 3.57. The summed E-state index contributed by atoms with van der Waals surface area (Å²) in [6.07, 6.45) is 3.70. The monoisotopic (exact) mass is 427 g/mol. The lowest BCUT2D eigenvalue weighted by atomic mass is 10.1. The molecule has 1 amide bonds. The smallest absolute Gasteiger partial charge is 0.234 e. The number of thiophene rings is 1. The third kappa shape index (κ3) is 4.64. The van der Waals surface area contributed by atoms with Crippen LogP contribution in [0.2, 0.25) is 0 Å². The molecule has 6 nitrogen and oxygen atoms in total. The maximum Gasteiger partial charge on any atom is 0.234 e. The van der Waals surface area contributed by atoms with Crippen LogP contribution in [0.3, 0.4) is 0 Å². The van der Waals surface area contributed by atoms with Crippen molar-refractivity contribution in [1.29, 1.82) is 0 Å². The summed E-state index contributed by atoms with van der Waals surface area (Å²) in [6.45, 7) is 4.93. The number of carbonyl (C=O) groups is 1. The minimum absolute atomic E-state index is 0.0252. The quantitative estimate of drug-likeness (QED) is 0.552.